The van der Waals surface area contributed by atoms with E-state index in [0.717, 1.165) is 44.5 Å². The molecule has 0 bridgehead atoms. The van der Waals surface area contributed by atoms with Crippen molar-refractivity contribution in [3.63, 3.8) is 0 Å². The zero-order valence-electron chi connectivity index (χ0n) is 17.3. The molecule has 0 N–H and O–H groups in total. The van der Waals surface area contributed by atoms with Crippen molar-refractivity contribution in [1.29, 1.82) is 0 Å². The quantitative estimate of drug-likeness (QED) is 0.202. The second-order valence-corrected chi connectivity index (χ2v) is 7.44. The Morgan fingerprint density at radius 3 is 1.33 bits per heavy atom. The van der Waals surface area contributed by atoms with Gasteiger partial charge < -0.3 is 0 Å². The van der Waals surface area contributed by atoms with Gasteiger partial charge in [0.25, 0.3) is 0 Å². The molecule has 4 rings (SSSR count). The Morgan fingerprint density at radius 2 is 0.900 bits per heavy atom. The highest BCUT2D eigenvalue weighted by Gasteiger charge is 2.23. The fourth-order valence-electron chi connectivity index (χ4n) is 3.96. The van der Waals surface area contributed by atoms with Crippen LogP contribution in [0.1, 0.15) is 38.2 Å². The topological polar surface area (TPSA) is 17.1 Å². The molecule has 0 fully saturated rings. The van der Waals surface area contributed by atoms with Crippen LogP contribution in [0.3, 0.4) is 0 Å². The highest BCUT2D eigenvalue weighted by Crippen LogP contribution is 2.35. The SMILES string of the molecule is Cc1cccc(C)c1C(=O)C(=C(c1ccccc1)c1ccccc1)c1ccccc1. The molecule has 0 saturated carbocycles. The third kappa shape index (κ3) is 3.88. The number of carbonyl (C=O) groups is 1. The summed E-state index contributed by atoms with van der Waals surface area (Å²) >= 11 is 0. The van der Waals surface area contributed by atoms with Crippen LogP contribution in [0.25, 0.3) is 11.1 Å². The van der Waals surface area contributed by atoms with Crippen molar-refractivity contribution in [1.82, 2.24) is 0 Å². The van der Waals surface area contributed by atoms with Crippen LogP contribution in [-0.2, 0) is 0 Å². The van der Waals surface area contributed by atoms with Crippen LogP contribution in [0, 0.1) is 13.8 Å². The van der Waals surface area contributed by atoms with Crippen LogP contribution in [0.2, 0.25) is 0 Å². The number of ketones is 1. The molecule has 0 spiro atoms. The summed E-state index contributed by atoms with van der Waals surface area (Å²) in [4.78, 5) is 14.1. The Kier molecular flexibility index (Phi) is 5.72. The van der Waals surface area contributed by atoms with Crippen molar-refractivity contribution < 1.29 is 4.79 Å². The van der Waals surface area contributed by atoms with Crippen LogP contribution in [0.15, 0.2) is 109 Å². The summed E-state index contributed by atoms with van der Waals surface area (Å²) < 4.78 is 0. The average molecular weight is 389 g/mol. The van der Waals surface area contributed by atoms with Crippen molar-refractivity contribution in [2.45, 2.75) is 13.8 Å². The Morgan fingerprint density at radius 1 is 0.500 bits per heavy atom. The van der Waals surface area contributed by atoms with Gasteiger partial charge in [0.15, 0.2) is 5.78 Å². The summed E-state index contributed by atoms with van der Waals surface area (Å²) in [6, 6.07) is 36.4. The largest absolute Gasteiger partial charge is 0.289 e. The van der Waals surface area contributed by atoms with Crippen LogP contribution in [-0.4, -0.2) is 5.78 Å². The first-order valence-corrected chi connectivity index (χ1v) is 10.2. The molecule has 0 unspecified atom stereocenters. The van der Waals surface area contributed by atoms with Gasteiger partial charge in [-0.3, -0.25) is 4.79 Å². The van der Waals surface area contributed by atoms with E-state index in [4.69, 9.17) is 0 Å². The minimum atomic E-state index is 0.0551. The van der Waals surface area contributed by atoms with Gasteiger partial charge in [-0.15, -0.1) is 0 Å². The monoisotopic (exact) mass is 388 g/mol. The molecule has 0 radical (unpaired) electrons. The van der Waals surface area contributed by atoms with Crippen molar-refractivity contribution >= 4 is 16.9 Å². The van der Waals surface area contributed by atoms with Crippen molar-refractivity contribution in [3.05, 3.63) is 143 Å². The van der Waals surface area contributed by atoms with E-state index in [0.29, 0.717) is 0 Å². The molecule has 0 aliphatic heterocycles. The minimum absolute atomic E-state index is 0.0551. The molecule has 1 nitrogen and oxygen atoms in total. The maximum absolute atomic E-state index is 14.1. The van der Waals surface area contributed by atoms with Crippen LogP contribution < -0.4 is 0 Å². The lowest BCUT2D eigenvalue weighted by Gasteiger charge is -2.18. The molecular formula is C29H24O. The van der Waals surface area contributed by atoms with Gasteiger partial charge in [0, 0.05) is 16.7 Å². The molecule has 0 heterocycles. The lowest BCUT2D eigenvalue weighted by Crippen LogP contribution is -2.10. The smallest absolute Gasteiger partial charge is 0.194 e. The zero-order chi connectivity index (χ0) is 20.9. The highest BCUT2D eigenvalue weighted by atomic mass is 16.1. The first kappa shape index (κ1) is 19.6. The van der Waals surface area contributed by atoms with Crippen LogP contribution in [0.5, 0.6) is 0 Å². The summed E-state index contributed by atoms with van der Waals surface area (Å²) in [6.45, 7) is 4.01. The highest BCUT2D eigenvalue weighted by molar-refractivity contribution is 6.36. The van der Waals surface area contributed by atoms with E-state index in [1.165, 1.54) is 0 Å². The Labute approximate surface area is 178 Å². The van der Waals surface area contributed by atoms with Crippen molar-refractivity contribution in [2.75, 3.05) is 0 Å². The van der Waals surface area contributed by atoms with E-state index in [-0.39, 0.29) is 5.78 Å². The van der Waals surface area contributed by atoms with Gasteiger partial charge >= 0.3 is 0 Å². The predicted molar refractivity (Wildman–Crippen MR) is 125 cm³/mol. The fourth-order valence-corrected chi connectivity index (χ4v) is 3.96. The van der Waals surface area contributed by atoms with Gasteiger partial charge in [-0.1, -0.05) is 109 Å². The van der Waals surface area contributed by atoms with Gasteiger partial charge in [0.05, 0.1) is 0 Å². The van der Waals surface area contributed by atoms with Gasteiger partial charge in [-0.05, 0) is 41.7 Å². The summed E-state index contributed by atoms with van der Waals surface area (Å²) in [7, 11) is 0. The number of rotatable bonds is 5. The number of hydrogen-bond donors (Lipinski definition) is 0. The van der Waals surface area contributed by atoms with E-state index in [1.54, 1.807) is 0 Å². The Balaban J connectivity index is 2.09. The molecule has 4 aromatic rings. The summed E-state index contributed by atoms with van der Waals surface area (Å²) in [5, 5.41) is 0. The second kappa shape index (κ2) is 8.75. The lowest BCUT2D eigenvalue weighted by molar-refractivity contribution is 0.105. The molecule has 0 aliphatic rings. The van der Waals surface area contributed by atoms with E-state index in [1.807, 2.05) is 98.8 Å². The molecule has 0 amide bonds. The standard InChI is InChI=1S/C29H24O/c1-21-13-12-14-22(2)26(21)29(30)28(25-19-10-5-11-20-25)27(23-15-6-3-7-16-23)24-17-8-4-9-18-24/h3-20H,1-2H3. The number of Topliss-reactive ketones (excluding diaryl/α,β-unsaturated/α-hetero) is 1. The van der Waals surface area contributed by atoms with Crippen LogP contribution >= 0.6 is 0 Å². The van der Waals surface area contributed by atoms with Gasteiger partial charge in [0.2, 0.25) is 0 Å². The number of carbonyl (C=O) groups excluding carboxylic acids is 1. The van der Waals surface area contributed by atoms with E-state index in [2.05, 4.69) is 24.3 Å². The lowest BCUT2D eigenvalue weighted by atomic mass is 9.84. The molecule has 1 heteroatoms. The fraction of sp³-hybridized carbons (Fsp3) is 0.0690. The summed E-state index contributed by atoms with van der Waals surface area (Å²) in [5.74, 6) is 0.0551. The molecule has 0 aromatic heterocycles. The van der Waals surface area contributed by atoms with Gasteiger partial charge in [-0.25, -0.2) is 0 Å². The molecule has 146 valence electrons. The molecular weight excluding hydrogens is 364 g/mol. The Bertz CT molecular complexity index is 1130. The maximum Gasteiger partial charge on any atom is 0.194 e. The van der Waals surface area contributed by atoms with E-state index < -0.39 is 0 Å². The second-order valence-electron chi connectivity index (χ2n) is 7.44. The normalized spacial score (nSPS) is 10.5. The van der Waals surface area contributed by atoms with Gasteiger partial charge in [0.1, 0.15) is 0 Å². The number of allylic oxidation sites excluding steroid dienone is 1. The number of benzene rings is 4. The van der Waals surface area contributed by atoms with E-state index in [9.17, 15) is 4.79 Å². The Hall–Kier alpha value is -3.71. The molecule has 4 aromatic carbocycles. The van der Waals surface area contributed by atoms with Crippen molar-refractivity contribution in [3.8, 4) is 0 Å². The first-order valence-electron chi connectivity index (χ1n) is 10.2. The summed E-state index contributed by atoms with van der Waals surface area (Å²) in [6.07, 6.45) is 0. The van der Waals surface area contributed by atoms with Gasteiger partial charge in [-0.2, -0.15) is 0 Å². The summed E-state index contributed by atoms with van der Waals surface area (Å²) in [5.41, 5.74) is 7.43. The minimum Gasteiger partial charge on any atom is -0.289 e. The number of hydrogen-bond acceptors (Lipinski definition) is 1. The van der Waals surface area contributed by atoms with E-state index >= 15 is 0 Å². The molecule has 30 heavy (non-hydrogen) atoms. The molecule has 0 saturated heterocycles. The zero-order valence-corrected chi connectivity index (χ0v) is 17.3. The first-order chi connectivity index (χ1) is 14.7. The van der Waals surface area contributed by atoms with Crippen LogP contribution in [0.4, 0.5) is 0 Å². The average Bonchev–Trinajstić information content (AvgIpc) is 2.79. The van der Waals surface area contributed by atoms with Crippen molar-refractivity contribution in [2.24, 2.45) is 0 Å². The number of aryl methyl sites for hydroxylation is 2. The third-order valence-electron chi connectivity index (χ3n) is 5.37. The third-order valence-corrected chi connectivity index (χ3v) is 5.37. The molecule has 0 atom stereocenters. The maximum atomic E-state index is 14.1. The predicted octanol–water partition coefficient (Wildman–Crippen LogP) is 7.15. The molecule has 0 aliphatic carbocycles.